The number of nitrogens with one attached hydrogen (secondary N) is 1. The molecule has 0 saturated heterocycles. The zero-order chi connectivity index (χ0) is 14.4. The van der Waals surface area contributed by atoms with E-state index in [0.29, 0.717) is 12.8 Å². The van der Waals surface area contributed by atoms with E-state index in [0.717, 1.165) is 0 Å². The highest BCUT2D eigenvalue weighted by molar-refractivity contribution is 5.79. The molecule has 2 N–H and O–H groups in total. The van der Waals surface area contributed by atoms with Crippen molar-refractivity contribution in [2.45, 2.75) is 45.7 Å². The highest BCUT2D eigenvalue weighted by atomic mass is 19.4. The van der Waals surface area contributed by atoms with Crippen LogP contribution in [0.1, 0.15) is 39.5 Å². The molecule has 0 spiro atoms. The van der Waals surface area contributed by atoms with Crippen molar-refractivity contribution in [1.82, 2.24) is 5.32 Å². The first-order chi connectivity index (χ1) is 8.17. The molecule has 0 aliphatic carbocycles. The summed E-state index contributed by atoms with van der Waals surface area (Å²) < 4.78 is 35.6. The van der Waals surface area contributed by atoms with E-state index in [1.807, 2.05) is 0 Å². The molecule has 4 nitrogen and oxygen atoms in total. The molecule has 0 aromatic heterocycles. The Morgan fingerprint density at radius 1 is 1.17 bits per heavy atom. The number of amides is 1. The molecular formula is C11H18F3NO3. The van der Waals surface area contributed by atoms with E-state index < -0.39 is 36.3 Å². The van der Waals surface area contributed by atoms with Gasteiger partial charge in [0.25, 0.3) is 0 Å². The lowest BCUT2D eigenvalue weighted by Gasteiger charge is -2.26. The number of carbonyl (C=O) groups excluding carboxylic acids is 1. The first kappa shape index (κ1) is 16.7. The van der Waals surface area contributed by atoms with Crippen LogP contribution in [0.4, 0.5) is 13.2 Å². The fourth-order valence-electron chi connectivity index (χ4n) is 1.49. The first-order valence-corrected chi connectivity index (χ1v) is 5.73. The van der Waals surface area contributed by atoms with E-state index in [2.05, 4.69) is 5.32 Å². The number of halogens is 3. The second-order valence-corrected chi connectivity index (χ2v) is 4.18. The van der Waals surface area contributed by atoms with Crippen molar-refractivity contribution in [3.63, 3.8) is 0 Å². The Balaban J connectivity index is 4.29. The molecule has 0 rings (SSSR count). The monoisotopic (exact) mass is 269 g/mol. The molecule has 0 heterocycles. The van der Waals surface area contributed by atoms with Crippen LogP contribution in [0.3, 0.4) is 0 Å². The van der Waals surface area contributed by atoms with Crippen molar-refractivity contribution >= 4 is 11.9 Å². The summed E-state index contributed by atoms with van der Waals surface area (Å²) in [5.74, 6) is -1.83. The predicted molar refractivity (Wildman–Crippen MR) is 58.9 cm³/mol. The van der Waals surface area contributed by atoms with E-state index in [9.17, 15) is 22.8 Å². The van der Waals surface area contributed by atoms with Crippen LogP contribution in [0.25, 0.3) is 0 Å². The number of carboxylic acids is 1. The van der Waals surface area contributed by atoms with E-state index in [1.54, 1.807) is 13.8 Å². The molecule has 0 radical (unpaired) electrons. The Morgan fingerprint density at radius 3 is 2.00 bits per heavy atom. The Morgan fingerprint density at radius 2 is 1.67 bits per heavy atom. The van der Waals surface area contributed by atoms with Gasteiger partial charge in [-0.15, -0.1) is 0 Å². The average molecular weight is 269 g/mol. The Bertz CT molecular complexity index is 298. The van der Waals surface area contributed by atoms with E-state index in [4.69, 9.17) is 5.11 Å². The van der Waals surface area contributed by atoms with Crippen molar-refractivity contribution < 1.29 is 27.9 Å². The summed E-state index contributed by atoms with van der Waals surface area (Å²) >= 11 is 0. The Kier molecular flexibility index (Phi) is 6.14. The molecule has 0 atom stereocenters. The molecule has 0 aliphatic rings. The summed E-state index contributed by atoms with van der Waals surface area (Å²) in [5.41, 5.74) is -1.10. The van der Waals surface area contributed by atoms with Crippen LogP contribution in [-0.2, 0) is 9.59 Å². The number of hydrogen-bond donors (Lipinski definition) is 2. The second-order valence-electron chi connectivity index (χ2n) is 4.18. The molecule has 0 fully saturated rings. The first-order valence-electron chi connectivity index (χ1n) is 5.73. The zero-order valence-corrected chi connectivity index (χ0v) is 10.4. The SMILES string of the molecule is CCC(CC)(CNC(=O)CCC(F)(F)F)C(=O)O. The third kappa shape index (κ3) is 5.37. The summed E-state index contributed by atoms with van der Waals surface area (Å²) in [6.45, 7) is 3.19. The maximum Gasteiger partial charge on any atom is 0.389 e. The van der Waals surface area contributed by atoms with Gasteiger partial charge in [-0.25, -0.2) is 0 Å². The molecule has 0 saturated carbocycles. The lowest BCUT2D eigenvalue weighted by atomic mass is 9.82. The number of alkyl halides is 3. The maximum absolute atomic E-state index is 11.9. The summed E-state index contributed by atoms with van der Waals surface area (Å²) in [5, 5.41) is 11.3. The van der Waals surface area contributed by atoms with Gasteiger partial charge in [-0.05, 0) is 12.8 Å². The van der Waals surface area contributed by atoms with Gasteiger partial charge in [0.05, 0.1) is 11.8 Å². The standard InChI is InChI=1S/C11H18F3NO3/c1-3-10(4-2,9(17)18)7-15-8(16)5-6-11(12,13)14/h3-7H2,1-2H3,(H,15,16)(H,17,18). The van der Waals surface area contributed by atoms with Crippen molar-refractivity contribution in [2.75, 3.05) is 6.54 Å². The normalized spacial score (nSPS) is 12.3. The van der Waals surface area contributed by atoms with Gasteiger partial charge in [0.2, 0.25) is 5.91 Å². The van der Waals surface area contributed by atoms with Crippen LogP contribution in [0.5, 0.6) is 0 Å². The molecule has 0 unspecified atom stereocenters. The molecule has 0 aromatic rings. The number of hydrogen-bond acceptors (Lipinski definition) is 2. The molecule has 0 bridgehead atoms. The van der Waals surface area contributed by atoms with Crippen molar-refractivity contribution in [2.24, 2.45) is 5.41 Å². The van der Waals surface area contributed by atoms with Gasteiger partial charge in [-0.2, -0.15) is 13.2 Å². The molecule has 0 aliphatic heterocycles. The summed E-state index contributed by atoms with van der Waals surface area (Å²) in [4.78, 5) is 22.3. The Hall–Kier alpha value is -1.27. The number of carboxylic acid groups (broad SMARTS) is 1. The fourth-order valence-corrected chi connectivity index (χ4v) is 1.49. The predicted octanol–water partition coefficient (Wildman–Crippen LogP) is 2.34. The highest BCUT2D eigenvalue weighted by Crippen LogP contribution is 2.26. The minimum atomic E-state index is -4.38. The second kappa shape index (κ2) is 6.61. The third-order valence-corrected chi connectivity index (χ3v) is 3.07. The van der Waals surface area contributed by atoms with E-state index in [1.165, 1.54) is 0 Å². The van der Waals surface area contributed by atoms with E-state index >= 15 is 0 Å². The van der Waals surface area contributed by atoms with Gasteiger partial charge in [0.1, 0.15) is 0 Å². The summed E-state index contributed by atoms with van der Waals surface area (Å²) in [7, 11) is 0. The third-order valence-electron chi connectivity index (χ3n) is 3.07. The molecular weight excluding hydrogens is 251 g/mol. The van der Waals surface area contributed by atoms with Gasteiger partial charge < -0.3 is 10.4 Å². The van der Waals surface area contributed by atoms with Crippen LogP contribution in [0.15, 0.2) is 0 Å². The van der Waals surface area contributed by atoms with Crippen LogP contribution in [0, 0.1) is 5.41 Å². The number of carbonyl (C=O) groups is 2. The lowest BCUT2D eigenvalue weighted by molar-refractivity contribution is -0.150. The highest BCUT2D eigenvalue weighted by Gasteiger charge is 2.35. The molecule has 0 aromatic carbocycles. The van der Waals surface area contributed by atoms with Gasteiger partial charge in [0, 0.05) is 13.0 Å². The van der Waals surface area contributed by atoms with Crippen molar-refractivity contribution in [3.8, 4) is 0 Å². The molecule has 1 amide bonds. The topological polar surface area (TPSA) is 66.4 Å². The number of aliphatic carboxylic acids is 1. The maximum atomic E-state index is 11.9. The van der Waals surface area contributed by atoms with Gasteiger partial charge in [0.15, 0.2) is 0 Å². The van der Waals surface area contributed by atoms with Crippen LogP contribution < -0.4 is 5.32 Å². The average Bonchev–Trinajstić information content (AvgIpc) is 2.27. The van der Waals surface area contributed by atoms with Gasteiger partial charge in [-0.3, -0.25) is 9.59 Å². The van der Waals surface area contributed by atoms with Crippen LogP contribution in [-0.4, -0.2) is 29.7 Å². The lowest BCUT2D eigenvalue weighted by Crippen LogP contribution is -2.42. The van der Waals surface area contributed by atoms with Crippen molar-refractivity contribution in [1.29, 1.82) is 0 Å². The summed E-state index contributed by atoms with van der Waals surface area (Å²) in [6, 6.07) is 0. The quantitative estimate of drug-likeness (QED) is 0.745. The fraction of sp³-hybridized carbons (Fsp3) is 0.818. The van der Waals surface area contributed by atoms with Gasteiger partial charge in [-0.1, -0.05) is 13.8 Å². The minimum Gasteiger partial charge on any atom is -0.481 e. The molecule has 18 heavy (non-hydrogen) atoms. The van der Waals surface area contributed by atoms with E-state index in [-0.39, 0.29) is 6.54 Å². The van der Waals surface area contributed by atoms with Crippen molar-refractivity contribution in [3.05, 3.63) is 0 Å². The molecule has 106 valence electrons. The van der Waals surface area contributed by atoms with Crippen LogP contribution in [0.2, 0.25) is 0 Å². The van der Waals surface area contributed by atoms with Gasteiger partial charge >= 0.3 is 12.1 Å². The zero-order valence-electron chi connectivity index (χ0n) is 10.4. The summed E-state index contributed by atoms with van der Waals surface area (Å²) in [6.07, 6.45) is -5.64. The Labute approximate surface area is 104 Å². The number of rotatable bonds is 7. The van der Waals surface area contributed by atoms with Crippen LogP contribution >= 0.6 is 0 Å². The largest absolute Gasteiger partial charge is 0.481 e. The molecule has 7 heteroatoms. The smallest absolute Gasteiger partial charge is 0.389 e. The minimum absolute atomic E-state index is 0.147.